The molecule has 2 nitrogen and oxygen atoms in total. The van der Waals surface area contributed by atoms with Gasteiger partial charge < -0.3 is 10.1 Å². The zero-order chi connectivity index (χ0) is 14.1. The lowest BCUT2D eigenvalue weighted by molar-refractivity contribution is 0.131. The molecule has 1 unspecified atom stereocenters. The number of nitrogens with one attached hydrogen (secondary N) is 1. The molecule has 1 aromatic carbocycles. The lowest BCUT2D eigenvalue weighted by Crippen LogP contribution is -2.27. The SMILES string of the molecule is CC1CCCNC1.CCOCc1cc(Br)ccc1F. The minimum atomic E-state index is -0.216. The summed E-state index contributed by atoms with van der Waals surface area (Å²) < 4.78 is 19.0. The van der Waals surface area contributed by atoms with Crippen LogP contribution in [-0.4, -0.2) is 19.7 Å². The first-order valence-electron chi connectivity index (χ1n) is 6.85. The summed E-state index contributed by atoms with van der Waals surface area (Å²) in [5.41, 5.74) is 0.589. The lowest BCUT2D eigenvalue weighted by atomic mass is 10.0. The van der Waals surface area contributed by atoms with E-state index in [0.717, 1.165) is 10.4 Å². The molecule has 1 N–H and O–H groups in total. The van der Waals surface area contributed by atoms with E-state index in [1.807, 2.05) is 6.92 Å². The Bertz CT molecular complexity index is 367. The van der Waals surface area contributed by atoms with Crippen molar-refractivity contribution in [1.82, 2.24) is 5.32 Å². The Morgan fingerprint density at radius 2 is 2.26 bits per heavy atom. The summed E-state index contributed by atoms with van der Waals surface area (Å²) in [4.78, 5) is 0. The van der Waals surface area contributed by atoms with Crippen LogP contribution >= 0.6 is 15.9 Å². The number of hydrogen-bond donors (Lipinski definition) is 1. The number of halogens is 2. The predicted octanol–water partition coefficient (Wildman–Crippen LogP) is 4.13. The van der Waals surface area contributed by atoms with E-state index in [9.17, 15) is 4.39 Å². The Kier molecular flexibility index (Phi) is 8.26. The maximum atomic E-state index is 13.0. The van der Waals surface area contributed by atoms with Crippen LogP contribution in [0.1, 0.15) is 32.3 Å². The largest absolute Gasteiger partial charge is 0.377 e. The molecule has 1 aromatic rings. The van der Waals surface area contributed by atoms with Gasteiger partial charge in [0.25, 0.3) is 0 Å². The van der Waals surface area contributed by atoms with Gasteiger partial charge in [0.15, 0.2) is 0 Å². The highest BCUT2D eigenvalue weighted by molar-refractivity contribution is 9.10. The van der Waals surface area contributed by atoms with Gasteiger partial charge in [-0.3, -0.25) is 0 Å². The van der Waals surface area contributed by atoms with Gasteiger partial charge in [-0.1, -0.05) is 22.9 Å². The molecular weight excluding hydrogens is 309 g/mol. The first-order chi connectivity index (χ1) is 9.13. The first-order valence-corrected chi connectivity index (χ1v) is 7.65. The van der Waals surface area contributed by atoms with Crippen molar-refractivity contribution in [1.29, 1.82) is 0 Å². The van der Waals surface area contributed by atoms with Crippen LogP contribution in [0.25, 0.3) is 0 Å². The topological polar surface area (TPSA) is 21.3 Å². The monoisotopic (exact) mass is 331 g/mol. The average molecular weight is 332 g/mol. The van der Waals surface area contributed by atoms with Crippen LogP contribution in [0.5, 0.6) is 0 Å². The van der Waals surface area contributed by atoms with Crippen molar-refractivity contribution in [3.05, 3.63) is 34.1 Å². The molecule has 0 aliphatic carbocycles. The predicted molar refractivity (Wildman–Crippen MR) is 80.7 cm³/mol. The van der Waals surface area contributed by atoms with Crippen molar-refractivity contribution < 1.29 is 9.13 Å². The summed E-state index contributed by atoms with van der Waals surface area (Å²) in [7, 11) is 0. The van der Waals surface area contributed by atoms with E-state index >= 15 is 0 Å². The molecule has 0 radical (unpaired) electrons. The van der Waals surface area contributed by atoms with Crippen LogP contribution in [0.4, 0.5) is 4.39 Å². The number of hydrogen-bond acceptors (Lipinski definition) is 2. The van der Waals surface area contributed by atoms with E-state index < -0.39 is 0 Å². The molecule has 1 aliphatic heterocycles. The fourth-order valence-electron chi connectivity index (χ4n) is 1.89. The molecule has 108 valence electrons. The minimum absolute atomic E-state index is 0.216. The highest BCUT2D eigenvalue weighted by Crippen LogP contribution is 2.16. The number of benzene rings is 1. The van der Waals surface area contributed by atoms with Crippen LogP contribution in [0.2, 0.25) is 0 Å². The van der Waals surface area contributed by atoms with Crippen LogP contribution in [-0.2, 0) is 11.3 Å². The molecular formula is C15H23BrFNO. The summed E-state index contributed by atoms with van der Waals surface area (Å²) in [6.07, 6.45) is 2.80. The molecule has 1 heterocycles. The molecule has 4 heteroatoms. The van der Waals surface area contributed by atoms with Crippen LogP contribution in [0.3, 0.4) is 0 Å². The van der Waals surface area contributed by atoms with E-state index in [4.69, 9.17) is 4.74 Å². The van der Waals surface area contributed by atoms with Gasteiger partial charge in [-0.2, -0.15) is 0 Å². The first kappa shape index (κ1) is 16.6. The summed E-state index contributed by atoms with van der Waals surface area (Å²) >= 11 is 3.27. The second-order valence-electron chi connectivity index (χ2n) is 4.82. The highest BCUT2D eigenvalue weighted by atomic mass is 79.9. The Balaban J connectivity index is 0.000000218. The van der Waals surface area contributed by atoms with Gasteiger partial charge in [0.2, 0.25) is 0 Å². The van der Waals surface area contributed by atoms with Crippen LogP contribution in [0.15, 0.2) is 22.7 Å². The Morgan fingerprint density at radius 1 is 1.47 bits per heavy atom. The van der Waals surface area contributed by atoms with E-state index in [0.29, 0.717) is 18.8 Å². The summed E-state index contributed by atoms with van der Waals surface area (Å²) in [6, 6.07) is 4.83. The van der Waals surface area contributed by atoms with Crippen molar-refractivity contribution in [2.24, 2.45) is 5.92 Å². The molecule has 0 amide bonds. The number of ether oxygens (including phenoxy) is 1. The fraction of sp³-hybridized carbons (Fsp3) is 0.600. The van der Waals surface area contributed by atoms with E-state index in [1.54, 1.807) is 12.1 Å². The Hall–Kier alpha value is -0.450. The number of rotatable bonds is 3. The smallest absolute Gasteiger partial charge is 0.128 e. The zero-order valence-electron chi connectivity index (χ0n) is 11.7. The molecule has 1 fully saturated rings. The third-order valence-electron chi connectivity index (χ3n) is 3.01. The molecule has 0 spiro atoms. The molecule has 1 saturated heterocycles. The zero-order valence-corrected chi connectivity index (χ0v) is 13.3. The van der Waals surface area contributed by atoms with Gasteiger partial charge in [-0.15, -0.1) is 0 Å². The quantitative estimate of drug-likeness (QED) is 0.899. The minimum Gasteiger partial charge on any atom is -0.377 e. The van der Waals surface area contributed by atoms with Gasteiger partial charge in [-0.25, -0.2) is 4.39 Å². The van der Waals surface area contributed by atoms with Gasteiger partial charge in [0.05, 0.1) is 6.61 Å². The van der Waals surface area contributed by atoms with E-state index in [2.05, 4.69) is 28.2 Å². The fourth-order valence-corrected chi connectivity index (χ4v) is 2.30. The summed E-state index contributed by atoms with van der Waals surface area (Å²) in [5, 5.41) is 3.33. The average Bonchev–Trinajstić information content (AvgIpc) is 2.41. The molecule has 1 atom stereocenters. The third-order valence-corrected chi connectivity index (χ3v) is 3.51. The molecule has 0 bridgehead atoms. The van der Waals surface area contributed by atoms with Gasteiger partial charge in [0, 0.05) is 16.6 Å². The normalized spacial score (nSPS) is 18.6. The third kappa shape index (κ3) is 7.04. The maximum Gasteiger partial charge on any atom is 0.128 e. The highest BCUT2D eigenvalue weighted by Gasteiger charge is 2.05. The van der Waals surface area contributed by atoms with E-state index in [1.165, 1.54) is 32.0 Å². The van der Waals surface area contributed by atoms with Gasteiger partial charge in [0.1, 0.15) is 5.82 Å². The second kappa shape index (κ2) is 9.45. The van der Waals surface area contributed by atoms with Gasteiger partial charge >= 0.3 is 0 Å². The van der Waals surface area contributed by atoms with Crippen LogP contribution in [0, 0.1) is 11.7 Å². The molecule has 0 saturated carbocycles. The standard InChI is InChI=1S/C9H10BrFO.C6H13N/c1-2-12-6-7-5-8(10)3-4-9(7)11;1-6-3-2-4-7-5-6/h3-5H,2,6H2,1H3;6-7H,2-5H2,1H3. The molecule has 2 rings (SSSR count). The number of piperidine rings is 1. The molecule has 1 aliphatic rings. The second-order valence-corrected chi connectivity index (χ2v) is 5.74. The van der Waals surface area contributed by atoms with Crippen molar-refractivity contribution in [3.8, 4) is 0 Å². The van der Waals surface area contributed by atoms with Gasteiger partial charge in [-0.05, 0) is 57.0 Å². The summed E-state index contributed by atoms with van der Waals surface area (Å²) in [6.45, 7) is 7.60. The van der Waals surface area contributed by atoms with E-state index in [-0.39, 0.29) is 5.82 Å². The van der Waals surface area contributed by atoms with Crippen molar-refractivity contribution >= 4 is 15.9 Å². The van der Waals surface area contributed by atoms with Crippen LogP contribution < -0.4 is 5.32 Å². The lowest BCUT2D eigenvalue weighted by Gasteiger charge is -2.17. The van der Waals surface area contributed by atoms with Crippen molar-refractivity contribution in [3.63, 3.8) is 0 Å². The Labute approximate surface area is 123 Å². The molecule has 19 heavy (non-hydrogen) atoms. The summed E-state index contributed by atoms with van der Waals surface area (Å²) in [5.74, 6) is 0.709. The van der Waals surface area contributed by atoms with Crippen molar-refractivity contribution in [2.45, 2.75) is 33.3 Å². The maximum absolute atomic E-state index is 13.0. The van der Waals surface area contributed by atoms with Crippen molar-refractivity contribution in [2.75, 3.05) is 19.7 Å². The molecule has 0 aromatic heterocycles. The Morgan fingerprint density at radius 3 is 2.79 bits per heavy atom.